The Morgan fingerprint density at radius 2 is 1.75 bits per heavy atom. The first-order chi connectivity index (χ1) is 19.3. The minimum Gasteiger partial charge on any atom is -0.491 e. The molecule has 1 aromatic heterocycles. The van der Waals surface area contributed by atoms with Crippen molar-refractivity contribution in [3.8, 4) is 17.0 Å². The molecule has 2 aliphatic heterocycles. The zero-order valence-electron chi connectivity index (χ0n) is 23.3. The number of hydrogen-bond acceptors (Lipinski definition) is 6. The lowest BCUT2D eigenvalue weighted by Gasteiger charge is -2.32. The highest BCUT2D eigenvalue weighted by molar-refractivity contribution is 7.87. The fourth-order valence-corrected chi connectivity index (χ4v) is 7.19. The maximum absolute atomic E-state index is 13.3. The first kappa shape index (κ1) is 27.3. The monoisotopic (exact) mass is 566 g/mol. The van der Waals surface area contributed by atoms with Crippen molar-refractivity contribution in [3.05, 3.63) is 53.6 Å². The van der Waals surface area contributed by atoms with Gasteiger partial charge in [0.1, 0.15) is 12.4 Å². The van der Waals surface area contributed by atoms with Gasteiger partial charge in [-0.25, -0.2) is 4.72 Å². The summed E-state index contributed by atoms with van der Waals surface area (Å²) in [6, 6.07) is 13.9. The van der Waals surface area contributed by atoms with E-state index in [9.17, 15) is 13.2 Å². The Labute approximate surface area is 236 Å². The van der Waals surface area contributed by atoms with E-state index in [1.165, 1.54) is 31.9 Å². The van der Waals surface area contributed by atoms with Crippen LogP contribution in [0.15, 0.2) is 42.5 Å². The maximum atomic E-state index is 13.3. The Bertz CT molecular complexity index is 1510. The molecular weight excluding hydrogens is 528 g/mol. The number of nitrogens with zero attached hydrogens (tertiary/aromatic N) is 3. The van der Waals surface area contributed by atoms with E-state index in [4.69, 9.17) is 9.47 Å². The molecule has 4 bridgehead atoms. The molecule has 3 heterocycles. The highest BCUT2D eigenvalue weighted by Gasteiger charge is 2.32. The summed E-state index contributed by atoms with van der Waals surface area (Å²) >= 11 is 0. The van der Waals surface area contributed by atoms with Crippen LogP contribution in [0.5, 0.6) is 5.75 Å². The zero-order valence-corrected chi connectivity index (χ0v) is 24.1. The highest BCUT2D eigenvalue weighted by Crippen LogP contribution is 2.47. The van der Waals surface area contributed by atoms with E-state index < -0.39 is 16.1 Å². The average molecular weight is 567 g/mol. The molecule has 2 aromatic carbocycles. The number of hydrogen-bond donors (Lipinski definition) is 1. The minimum atomic E-state index is -4.01. The number of amides is 1. The zero-order chi connectivity index (χ0) is 27.9. The molecular formula is C30H38N4O5S. The molecule has 1 amide bonds. The number of ether oxygens (including phenoxy) is 2. The number of nitrogens with one attached hydrogen (secondary N) is 1. The molecule has 3 aliphatic rings. The summed E-state index contributed by atoms with van der Waals surface area (Å²) in [6.07, 6.45) is 5.91. The summed E-state index contributed by atoms with van der Waals surface area (Å²) in [5.74, 6) is 0.631. The second-order valence-electron chi connectivity index (χ2n) is 11.3. The number of carbonyl (C=O) groups excluding carboxylic acids is 1. The lowest BCUT2D eigenvalue weighted by Crippen LogP contribution is -2.44. The van der Waals surface area contributed by atoms with Crippen molar-refractivity contribution < 1.29 is 22.7 Å². The third-order valence-electron chi connectivity index (χ3n) is 8.74. The molecule has 1 fully saturated rings. The second kappa shape index (κ2) is 11.2. The van der Waals surface area contributed by atoms with E-state index in [1.807, 2.05) is 24.3 Å². The van der Waals surface area contributed by atoms with E-state index in [0.717, 1.165) is 45.1 Å². The Balaban J connectivity index is 1.58. The van der Waals surface area contributed by atoms with Gasteiger partial charge in [-0.3, -0.25) is 9.69 Å². The van der Waals surface area contributed by atoms with Gasteiger partial charge in [-0.05, 0) is 55.6 Å². The third-order valence-corrected chi connectivity index (χ3v) is 10.2. The van der Waals surface area contributed by atoms with Gasteiger partial charge in [-0.2, -0.15) is 12.7 Å². The van der Waals surface area contributed by atoms with E-state index in [0.29, 0.717) is 37.8 Å². The van der Waals surface area contributed by atoms with Crippen LogP contribution >= 0.6 is 0 Å². The topological polar surface area (TPSA) is 93.1 Å². The predicted molar refractivity (Wildman–Crippen MR) is 155 cm³/mol. The van der Waals surface area contributed by atoms with Crippen LogP contribution in [0.25, 0.3) is 22.2 Å². The van der Waals surface area contributed by atoms with Crippen molar-refractivity contribution in [1.82, 2.24) is 18.5 Å². The average Bonchev–Trinajstić information content (AvgIpc) is 3.25. The van der Waals surface area contributed by atoms with Gasteiger partial charge >= 0.3 is 10.2 Å². The fourth-order valence-electron chi connectivity index (χ4n) is 6.37. The SMILES string of the molecule is CN1CCOCCN(C)S(=O)(=O)NC(=O)c2ccc3c(C4CCCCC4)c4n(c3c2)C[C@@H]1COc1ccccc1-4. The number of aromatic nitrogens is 1. The highest BCUT2D eigenvalue weighted by atomic mass is 32.2. The Morgan fingerprint density at radius 1 is 0.975 bits per heavy atom. The van der Waals surface area contributed by atoms with Gasteiger partial charge in [0, 0.05) is 48.7 Å². The van der Waals surface area contributed by atoms with Gasteiger partial charge in [0.15, 0.2) is 0 Å². The van der Waals surface area contributed by atoms with Crippen molar-refractivity contribution in [2.24, 2.45) is 0 Å². The van der Waals surface area contributed by atoms with Crippen LogP contribution in [0.3, 0.4) is 0 Å². The van der Waals surface area contributed by atoms with Gasteiger partial charge < -0.3 is 14.0 Å². The van der Waals surface area contributed by atoms with Gasteiger partial charge in [-0.15, -0.1) is 0 Å². The molecule has 0 saturated heterocycles. The summed E-state index contributed by atoms with van der Waals surface area (Å²) < 4.78 is 43.7. The minimum absolute atomic E-state index is 0.0685. The van der Waals surface area contributed by atoms with Crippen LogP contribution in [0.4, 0.5) is 0 Å². The van der Waals surface area contributed by atoms with Crippen molar-refractivity contribution in [2.45, 2.75) is 50.6 Å². The predicted octanol–water partition coefficient (Wildman–Crippen LogP) is 3.99. The molecule has 0 unspecified atom stereocenters. The van der Waals surface area contributed by atoms with Crippen LogP contribution in [0, 0.1) is 0 Å². The molecule has 9 nitrogen and oxygen atoms in total. The van der Waals surface area contributed by atoms with Crippen LogP contribution < -0.4 is 9.46 Å². The summed E-state index contributed by atoms with van der Waals surface area (Å²) in [7, 11) is -0.482. The van der Waals surface area contributed by atoms with Crippen molar-refractivity contribution in [2.75, 3.05) is 47.0 Å². The Morgan fingerprint density at radius 3 is 2.58 bits per heavy atom. The standard InChI is InChI=1S/C30H38N4O5S/c1-32-14-16-38-17-15-33(2)40(36,37)31-30(35)22-12-13-24-26(18-22)34-19-23(32)20-39-27-11-7-6-10-25(27)29(34)28(24)21-8-4-3-5-9-21/h6-7,10-13,18,21,23H,3-5,8-9,14-17,19-20H2,1-2H3,(H,31,35)/t23-/m1/s1. The first-order valence-corrected chi connectivity index (χ1v) is 15.7. The largest absolute Gasteiger partial charge is 0.491 e. The molecule has 0 radical (unpaired) electrons. The normalized spacial score (nSPS) is 23.4. The van der Waals surface area contributed by atoms with E-state index in [-0.39, 0.29) is 19.2 Å². The first-order valence-electron chi connectivity index (χ1n) is 14.3. The Hall–Kier alpha value is -2.92. The molecule has 214 valence electrons. The molecule has 40 heavy (non-hydrogen) atoms. The van der Waals surface area contributed by atoms with Crippen LogP contribution in [0.1, 0.15) is 53.9 Å². The second-order valence-corrected chi connectivity index (χ2v) is 13.0. The smallest absolute Gasteiger partial charge is 0.303 e. The molecule has 1 atom stereocenters. The van der Waals surface area contributed by atoms with E-state index >= 15 is 0 Å². The quantitative estimate of drug-likeness (QED) is 0.479. The van der Waals surface area contributed by atoms with Gasteiger partial charge in [0.25, 0.3) is 5.91 Å². The van der Waals surface area contributed by atoms with Crippen LogP contribution in [0.2, 0.25) is 0 Å². The maximum Gasteiger partial charge on any atom is 0.303 e. The van der Waals surface area contributed by atoms with E-state index in [1.54, 1.807) is 6.07 Å². The summed E-state index contributed by atoms with van der Waals surface area (Å²) in [5, 5.41) is 1.13. The van der Waals surface area contributed by atoms with Crippen LogP contribution in [-0.4, -0.2) is 81.1 Å². The number of carbonyl (C=O) groups is 1. The molecule has 6 rings (SSSR count). The number of rotatable bonds is 1. The van der Waals surface area contributed by atoms with E-state index in [2.05, 4.69) is 33.4 Å². The number of para-hydroxylation sites is 1. The molecule has 10 heteroatoms. The summed E-state index contributed by atoms with van der Waals surface area (Å²) in [5.41, 5.74) is 4.80. The molecule has 1 N–H and O–H groups in total. The van der Waals surface area contributed by atoms with Crippen molar-refractivity contribution in [3.63, 3.8) is 0 Å². The molecule has 1 aliphatic carbocycles. The molecule has 0 spiro atoms. The van der Waals surface area contributed by atoms with Gasteiger partial charge in [0.2, 0.25) is 0 Å². The van der Waals surface area contributed by atoms with Crippen molar-refractivity contribution >= 4 is 27.0 Å². The summed E-state index contributed by atoms with van der Waals surface area (Å²) in [4.78, 5) is 15.5. The number of fused-ring (bicyclic) bond motifs is 4. The lowest BCUT2D eigenvalue weighted by molar-refractivity contribution is 0.0764. The summed E-state index contributed by atoms with van der Waals surface area (Å²) in [6.45, 7) is 2.71. The van der Waals surface area contributed by atoms with Gasteiger partial charge in [-0.1, -0.05) is 37.5 Å². The third kappa shape index (κ3) is 5.13. The van der Waals surface area contributed by atoms with Crippen LogP contribution in [-0.2, 0) is 21.5 Å². The van der Waals surface area contributed by atoms with Crippen molar-refractivity contribution in [1.29, 1.82) is 0 Å². The lowest BCUT2D eigenvalue weighted by atomic mass is 9.81. The number of likely N-dealkylation sites (N-methyl/N-ethyl adjacent to an activating group) is 2. The molecule has 3 aromatic rings. The van der Waals surface area contributed by atoms with Gasteiger partial charge in [0.05, 0.1) is 24.9 Å². The fraction of sp³-hybridized carbons (Fsp3) is 0.500. The number of benzene rings is 2. The Kier molecular flexibility index (Phi) is 7.60. The molecule has 1 saturated carbocycles.